The predicted molar refractivity (Wildman–Crippen MR) is 97.6 cm³/mol. The van der Waals surface area contributed by atoms with Gasteiger partial charge in [0.05, 0.1) is 13.3 Å². The van der Waals surface area contributed by atoms with Crippen LogP contribution in [0.3, 0.4) is 0 Å². The highest BCUT2D eigenvalue weighted by Crippen LogP contribution is 2.22. The summed E-state index contributed by atoms with van der Waals surface area (Å²) in [5.41, 5.74) is 0.612. The van der Waals surface area contributed by atoms with E-state index in [9.17, 15) is 9.59 Å². The van der Waals surface area contributed by atoms with Crippen LogP contribution in [0.5, 0.6) is 11.5 Å². The minimum absolute atomic E-state index is 0.106. The molecule has 2 aromatic carbocycles. The van der Waals surface area contributed by atoms with Crippen molar-refractivity contribution in [3.8, 4) is 11.5 Å². The van der Waals surface area contributed by atoms with E-state index in [1.54, 1.807) is 24.3 Å². The quantitative estimate of drug-likeness (QED) is 0.694. The highest BCUT2D eigenvalue weighted by atomic mass is 16.5. The molecule has 138 valence electrons. The number of benzene rings is 2. The van der Waals surface area contributed by atoms with Crippen LogP contribution in [0.1, 0.15) is 0 Å². The molecule has 3 aromatic rings. The number of hydrogen-bond donors (Lipinski definition) is 2. The zero-order valence-corrected chi connectivity index (χ0v) is 14.5. The Morgan fingerprint density at radius 3 is 2.41 bits per heavy atom. The number of para-hydroxylation sites is 1. The molecule has 0 spiro atoms. The Balaban J connectivity index is 1.52. The first-order chi connectivity index (χ1) is 13.1. The predicted octanol–water partition coefficient (Wildman–Crippen LogP) is 2.89. The van der Waals surface area contributed by atoms with E-state index in [1.807, 2.05) is 30.3 Å². The minimum atomic E-state index is -0.663. The fourth-order valence-corrected chi connectivity index (χ4v) is 2.15. The number of ether oxygens (including phenoxy) is 2. The Morgan fingerprint density at radius 1 is 1.00 bits per heavy atom. The second-order valence-electron chi connectivity index (χ2n) is 5.36. The standard InChI is InChI=1S/C18H17N5O4/c1-26-18(25)21-16-11-19-23(22-16)12-17(24)20-13-7-9-15(10-8-13)27-14-5-3-2-4-6-14/h2-11H,12H2,1H3,(H,20,24)(H,21,22,25). The first kappa shape index (κ1) is 17.9. The average Bonchev–Trinajstić information content (AvgIpc) is 3.10. The van der Waals surface area contributed by atoms with E-state index in [0.717, 1.165) is 10.5 Å². The second kappa shape index (κ2) is 8.48. The van der Waals surface area contributed by atoms with Crippen molar-refractivity contribution in [3.05, 3.63) is 60.8 Å². The number of anilines is 2. The molecule has 1 heterocycles. The summed E-state index contributed by atoms with van der Waals surface area (Å²) in [6, 6.07) is 16.4. The Kier molecular flexibility index (Phi) is 5.63. The van der Waals surface area contributed by atoms with Gasteiger partial charge in [-0.05, 0) is 36.4 Å². The molecule has 0 saturated heterocycles. The fraction of sp³-hybridized carbons (Fsp3) is 0.111. The van der Waals surface area contributed by atoms with Crippen LogP contribution in [-0.2, 0) is 16.1 Å². The molecular formula is C18H17N5O4. The molecule has 9 heteroatoms. The third-order valence-electron chi connectivity index (χ3n) is 3.35. The lowest BCUT2D eigenvalue weighted by molar-refractivity contribution is -0.117. The summed E-state index contributed by atoms with van der Waals surface area (Å²) >= 11 is 0. The molecule has 0 fully saturated rings. The zero-order valence-electron chi connectivity index (χ0n) is 14.5. The van der Waals surface area contributed by atoms with Crippen molar-refractivity contribution in [2.45, 2.75) is 6.54 Å². The van der Waals surface area contributed by atoms with Crippen LogP contribution in [0.25, 0.3) is 0 Å². The van der Waals surface area contributed by atoms with Gasteiger partial charge in [-0.3, -0.25) is 10.1 Å². The number of hydrogen-bond acceptors (Lipinski definition) is 6. The van der Waals surface area contributed by atoms with Crippen molar-refractivity contribution in [2.75, 3.05) is 17.7 Å². The number of carbonyl (C=O) groups is 2. The summed E-state index contributed by atoms with van der Waals surface area (Å²) in [4.78, 5) is 24.3. The highest BCUT2D eigenvalue weighted by Gasteiger charge is 2.09. The van der Waals surface area contributed by atoms with Crippen LogP contribution in [0, 0.1) is 0 Å². The van der Waals surface area contributed by atoms with Crippen LogP contribution in [0.15, 0.2) is 60.8 Å². The summed E-state index contributed by atoms with van der Waals surface area (Å²) in [6.07, 6.45) is 0.657. The average molecular weight is 367 g/mol. The van der Waals surface area contributed by atoms with Gasteiger partial charge < -0.3 is 14.8 Å². The number of carbonyl (C=O) groups excluding carboxylic acids is 2. The molecule has 27 heavy (non-hydrogen) atoms. The van der Waals surface area contributed by atoms with Crippen molar-refractivity contribution in [1.82, 2.24) is 15.0 Å². The van der Waals surface area contributed by atoms with Gasteiger partial charge in [0.15, 0.2) is 5.82 Å². The molecule has 0 unspecified atom stereocenters. The van der Waals surface area contributed by atoms with Gasteiger partial charge in [0.25, 0.3) is 0 Å². The van der Waals surface area contributed by atoms with Crippen LogP contribution in [0.2, 0.25) is 0 Å². The molecule has 0 radical (unpaired) electrons. The van der Waals surface area contributed by atoms with E-state index >= 15 is 0 Å². The first-order valence-electron chi connectivity index (χ1n) is 8.00. The molecule has 0 aliphatic rings. The maximum absolute atomic E-state index is 12.1. The summed E-state index contributed by atoms with van der Waals surface area (Å²) in [5.74, 6) is 1.27. The van der Waals surface area contributed by atoms with E-state index < -0.39 is 6.09 Å². The number of methoxy groups -OCH3 is 1. The smallest absolute Gasteiger partial charge is 0.412 e. The molecule has 1 aromatic heterocycles. The minimum Gasteiger partial charge on any atom is -0.457 e. The number of nitrogens with one attached hydrogen (secondary N) is 2. The number of nitrogens with zero attached hydrogens (tertiary/aromatic N) is 3. The summed E-state index contributed by atoms with van der Waals surface area (Å²) in [7, 11) is 1.24. The third-order valence-corrected chi connectivity index (χ3v) is 3.35. The lowest BCUT2D eigenvalue weighted by Crippen LogP contribution is -2.20. The second-order valence-corrected chi connectivity index (χ2v) is 5.36. The lowest BCUT2D eigenvalue weighted by atomic mass is 10.3. The largest absolute Gasteiger partial charge is 0.457 e. The molecule has 0 bridgehead atoms. The van der Waals surface area contributed by atoms with Gasteiger partial charge in [-0.15, -0.1) is 5.10 Å². The summed E-state index contributed by atoms with van der Waals surface area (Å²) < 4.78 is 10.2. The van der Waals surface area contributed by atoms with Crippen LogP contribution in [0.4, 0.5) is 16.3 Å². The van der Waals surface area contributed by atoms with Crippen molar-refractivity contribution in [2.24, 2.45) is 0 Å². The number of rotatable bonds is 6. The van der Waals surface area contributed by atoms with Gasteiger partial charge in [0, 0.05) is 5.69 Å². The van der Waals surface area contributed by atoms with Crippen molar-refractivity contribution in [3.63, 3.8) is 0 Å². The Labute approximate surface area is 154 Å². The van der Waals surface area contributed by atoms with Crippen molar-refractivity contribution >= 4 is 23.5 Å². The normalized spacial score (nSPS) is 10.1. The van der Waals surface area contributed by atoms with Gasteiger partial charge in [-0.1, -0.05) is 18.2 Å². The van der Waals surface area contributed by atoms with E-state index in [4.69, 9.17) is 4.74 Å². The molecule has 9 nitrogen and oxygen atoms in total. The molecule has 2 N–H and O–H groups in total. The molecule has 0 aliphatic heterocycles. The van der Waals surface area contributed by atoms with E-state index in [1.165, 1.54) is 13.3 Å². The summed E-state index contributed by atoms with van der Waals surface area (Å²) in [6.45, 7) is -0.106. The van der Waals surface area contributed by atoms with Gasteiger partial charge in [0.2, 0.25) is 5.91 Å². The van der Waals surface area contributed by atoms with Gasteiger partial charge >= 0.3 is 6.09 Å². The lowest BCUT2D eigenvalue weighted by Gasteiger charge is -2.08. The summed E-state index contributed by atoms with van der Waals surface area (Å²) in [5, 5.41) is 12.9. The van der Waals surface area contributed by atoms with Crippen molar-refractivity contribution < 1.29 is 19.1 Å². The molecule has 2 amide bonds. The topological polar surface area (TPSA) is 107 Å². The first-order valence-corrected chi connectivity index (χ1v) is 8.00. The van der Waals surface area contributed by atoms with Gasteiger partial charge in [-0.25, -0.2) is 4.79 Å². The maximum Gasteiger partial charge on any atom is 0.412 e. The molecule has 0 saturated carbocycles. The SMILES string of the molecule is COC(=O)Nc1cnn(CC(=O)Nc2ccc(Oc3ccccc3)cc2)n1. The molecular weight excluding hydrogens is 350 g/mol. The molecule has 0 aliphatic carbocycles. The van der Waals surface area contributed by atoms with Crippen LogP contribution in [-0.4, -0.2) is 34.1 Å². The van der Waals surface area contributed by atoms with Gasteiger partial charge in [-0.2, -0.15) is 9.90 Å². The van der Waals surface area contributed by atoms with Crippen LogP contribution < -0.4 is 15.4 Å². The zero-order chi connectivity index (χ0) is 19.1. The fourth-order valence-electron chi connectivity index (χ4n) is 2.15. The third kappa shape index (κ3) is 5.30. The van der Waals surface area contributed by atoms with Crippen molar-refractivity contribution in [1.29, 1.82) is 0 Å². The Bertz CT molecular complexity index is 909. The van der Waals surface area contributed by atoms with Crippen LogP contribution >= 0.6 is 0 Å². The molecule has 3 rings (SSSR count). The number of amides is 2. The number of aromatic nitrogens is 3. The monoisotopic (exact) mass is 367 g/mol. The molecule has 0 atom stereocenters. The van der Waals surface area contributed by atoms with E-state index in [2.05, 4.69) is 25.6 Å². The maximum atomic E-state index is 12.1. The Hall–Kier alpha value is -3.88. The van der Waals surface area contributed by atoms with E-state index in [-0.39, 0.29) is 18.3 Å². The van der Waals surface area contributed by atoms with E-state index in [0.29, 0.717) is 11.4 Å². The Morgan fingerprint density at radius 2 is 1.70 bits per heavy atom. The van der Waals surface area contributed by atoms with Gasteiger partial charge in [0.1, 0.15) is 18.0 Å². The highest BCUT2D eigenvalue weighted by molar-refractivity contribution is 5.90.